The van der Waals surface area contributed by atoms with Crippen LogP contribution in [0.3, 0.4) is 0 Å². The molecule has 1 aromatic heterocycles. The summed E-state index contributed by atoms with van der Waals surface area (Å²) >= 11 is 0. The van der Waals surface area contributed by atoms with E-state index in [0.29, 0.717) is 22.6 Å². The van der Waals surface area contributed by atoms with Gasteiger partial charge in [0.25, 0.3) is 5.91 Å². The minimum absolute atomic E-state index is 0.0531. The number of rotatable bonds is 4. The topological polar surface area (TPSA) is 123 Å². The monoisotopic (exact) mass is 287 g/mol. The quantitative estimate of drug-likeness (QED) is 0.331. The first kappa shape index (κ1) is 14.3. The van der Waals surface area contributed by atoms with Crippen molar-refractivity contribution < 1.29 is 14.7 Å². The predicted molar refractivity (Wildman–Crippen MR) is 75.5 cm³/mol. The Labute approximate surface area is 120 Å². The number of hydrogen-bond donors (Lipinski definition) is 3. The molecule has 0 radical (unpaired) electrons. The molecule has 0 unspecified atom stereocenters. The van der Waals surface area contributed by atoms with E-state index in [0.717, 1.165) is 0 Å². The summed E-state index contributed by atoms with van der Waals surface area (Å²) in [6.45, 7) is 0. The molecule has 2 aromatic rings. The summed E-state index contributed by atoms with van der Waals surface area (Å²) in [4.78, 5) is 19.6. The van der Waals surface area contributed by atoms with Crippen molar-refractivity contribution in [3.63, 3.8) is 0 Å². The summed E-state index contributed by atoms with van der Waals surface area (Å²) in [6.07, 6.45) is 4.14. The van der Waals surface area contributed by atoms with Crippen LogP contribution in [0.5, 0.6) is 5.75 Å². The highest BCUT2D eigenvalue weighted by atomic mass is 16.5. The number of benzene rings is 1. The van der Waals surface area contributed by atoms with E-state index in [1.54, 1.807) is 18.2 Å². The molecule has 2 rings (SSSR count). The molecule has 0 aliphatic heterocycles. The third-order valence-corrected chi connectivity index (χ3v) is 2.68. The standard InChI is InChI=1S/C13H13N5O3/c1-21-11-4-8(12(14)18-20)2-3-10(11)17-13(19)9-5-15-7-16-6-9/h2-7,20H,1H3,(H2,14,18)(H,17,19). The van der Waals surface area contributed by atoms with E-state index >= 15 is 0 Å². The van der Waals surface area contributed by atoms with E-state index in [-0.39, 0.29) is 11.7 Å². The number of nitrogens with one attached hydrogen (secondary N) is 1. The number of oxime groups is 1. The number of nitrogens with zero attached hydrogens (tertiary/aromatic N) is 3. The summed E-state index contributed by atoms with van der Waals surface area (Å²) in [5.41, 5.74) is 6.73. The maximum absolute atomic E-state index is 12.0. The SMILES string of the molecule is COc1cc(/C(N)=N/O)ccc1NC(=O)c1cncnc1. The number of aromatic nitrogens is 2. The number of methoxy groups -OCH3 is 1. The lowest BCUT2D eigenvalue weighted by Gasteiger charge is -2.11. The Balaban J connectivity index is 2.26. The van der Waals surface area contributed by atoms with E-state index in [1.807, 2.05) is 0 Å². The fraction of sp³-hybridized carbons (Fsp3) is 0.0769. The number of carbonyl (C=O) groups is 1. The molecule has 1 amide bonds. The largest absolute Gasteiger partial charge is 0.495 e. The lowest BCUT2D eigenvalue weighted by atomic mass is 10.1. The van der Waals surface area contributed by atoms with Gasteiger partial charge in [0.2, 0.25) is 0 Å². The first-order valence-electron chi connectivity index (χ1n) is 5.88. The number of hydrogen-bond acceptors (Lipinski definition) is 6. The van der Waals surface area contributed by atoms with Crippen molar-refractivity contribution in [3.8, 4) is 5.75 Å². The van der Waals surface area contributed by atoms with Gasteiger partial charge >= 0.3 is 0 Å². The molecule has 8 heteroatoms. The number of ether oxygens (including phenoxy) is 1. The third-order valence-electron chi connectivity index (χ3n) is 2.68. The molecule has 0 aliphatic rings. The lowest BCUT2D eigenvalue weighted by Crippen LogP contribution is -2.15. The molecule has 8 nitrogen and oxygen atoms in total. The zero-order valence-electron chi connectivity index (χ0n) is 11.1. The van der Waals surface area contributed by atoms with Crippen molar-refractivity contribution in [1.29, 1.82) is 0 Å². The zero-order chi connectivity index (χ0) is 15.2. The maximum Gasteiger partial charge on any atom is 0.258 e. The van der Waals surface area contributed by atoms with Crippen molar-refractivity contribution in [1.82, 2.24) is 9.97 Å². The van der Waals surface area contributed by atoms with Crippen molar-refractivity contribution in [3.05, 3.63) is 48.0 Å². The molecule has 1 heterocycles. The van der Waals surface area contributed by atoms with Gasteiger partial charge < -0.3 is 21.0 Å². The molecule has 0 spiro atoms. The molecule has 0 bridgehead atoms. The van der Waals surface area contributed by atoms with Gasteiger partial charge in [0.15, 0.2) is 5.84 Å². The molecule has 0 saturated heterocycles. The van der Waals surface area contributed by atoms with Gasteiger partial charge in [-0.1, -0.05) is 5.16 Å². The van der Waals surface area contributed by atoms with Crippen molar-refractivity contribution >= 4 is 17.4 Å². The van der Waals surface area contributed by atoms with Crippen LogP contribution in [0.1, 0.15) is 15.9 Å². The van der Waals surface area contributed by atoms with Crippen molar-refractivity contribution in [2.45, 2.75) is 0 Å². The molecular weight excluding hydrogens is 274 g/mol. The van der Waals surface area contributed by atoms with Gasteiger partial charge in [-0.15, -0.1) is 0 Å². The minimum Gasteiger partial charge on any atom is -0.495 e. The van der Waals surface area contributed by atoms with Crippen molar-refractivity contribution in [2.24, 2.45) is 10.9 Å². The number of carbonyl (C=O) groups excluding carboxylic acids is 1. The van der Waals surface area contributed by atoms with Crippen LogP contribution in [-0.4, -0.2) is 34.0 Å². The minimum atomic E-state index is -0.370. The van der Waals surface area contributed by atoms with Crippen LogP contribution in [-0.2, 0) is 0 Å². The van der Waals surface area contributed by atoms with Crippen LogP contribution in [0, 0.1) is 0 Å². The van der Waals surface area contributed by atoms with Crippen LogP contribution in [0.15, 0.2) is 42.1 Å². The Kier molecular flexibility index (Phi) is 4.30. The van der Waals surface area contributed by atoms with Crippen LogP contribution in [0.25, 0.3) is 0 Å². The smallest absolute Gasteiger partial charge is 0.258 e. The summed E-state index contributed by atoms with van der Waals surface area (Å²) < 4.78 is 5.18. The van der Waals surface area contributed by atoms with E-state index in [9.17, 15) is 4.79 Å². The van der Waals surface area contributed by atoms with E-state index in [4.69, 9.17) is 15.7 Å². The fourth-order valence-electron chi connectivity index (χ4n) is 1.62. The zero-order valence-corrected chi connectivity index (χ0v) is 11.1. The lowest BCUT2D eigenvalue weighted by molar-refractivity contribution is 0.102. The van der Waals surface area contributed by atoms with Gasteiger partial charge in [-0.05, 0) is 18.2 Å². The predicted octanol–water partition coefficient (Wildman–Crippen LogP) is 0.832. The Morgan fingerprint density at radius 1 is 1.33 bits per heavy atom. The highest BCUT2D eigenvalue weighted by Gasteiger charge is 2.12. The second-order valence-electron chi connectivity index (χ2n) is 3.98. The first-order valence-corrected chi connectivity index (χ1v) is 5.88. The number of nitrogens with two attached hydrogens (primary N) is 1. The summed E-state index contributed by atoms with van der Waals surface area (Å²) in [6, 6.07) is 4.73. The molecule has 0 saturated carbocycles. The highest BCUT2D eigenvalue weighted by Crippen LogP contribution is 2.26. The second kappa shape index (κ2) is 6.33. The van der Waals surface area contributed by atoms with Gasteiger partial charge in [0.05, 0.1) is 18.4 Å². The highest BCUT2D eigenvalue weighted by molar-refractivity contribution is 6.05. The molecule has 1 aromatic carbocycles. The Bertz CT molecular complexity index is 673. The second-order valence-corrected chi connectivity index (χ2v) is 3.98. The molecule has 21 heavy (non-hydrogen) atoms. The number of amides is 1. The van der Waals surface area contributed by atoms with Gasteiger partial charge in [-0.25, -0.2) is 9.97 Å². The molecule has 4 N–H and O–H groups in total. The van der Waals surface area contributed by atoms with E-state index in [2.05, 4.69) is 20.4 Å². The molecule has 0 atom stereocenters. The fourth-order valence-corrected chi connectivity index (χ4v) is 1.62. The Hall–Kier alpha value is -3.16. The van der Waals surface area contributed by atoms with Crippen molar-refractivity contribution in [2.75, 3.05) is 12.4 Å². The third kappa shape index (κ3) is 3.24. The normalized spacial score (nSPS) is 11.0. The Morgan fingerprint density at radius 3 is 2.67 bits per heavy atom. The van der Waals surface area contributed by atoms with E-state index in [1.165, 1.54) is 25.8 Å². The van der Waals surface area contributed by atoms with Gasteiger partial charge in [-0.3, -0.25) is 4.79 Å². The van der Waals surface area contributed by atoms with E-state index < -0.39 is 0 Å². The van der Waals surface area contributed by atoms with Crippen LogP contribution in [0.2, 0.25) is 0 Å². The van der Waals surface area contributed by atoms with Gasteiger partial charge in [-0.2, -0.15) is 0 Å². The van der Waals surface area contributed by atoms with Gasteiger partial charge in [0.1, 0.15) is 12.1 Å². The Morgan fingerprint density at radius 2 is 2.05 bits per heavy atom. The molecule has 108 valence electrons. The summed E-state index contributed by atoms with van der Waals surface area (Å²) in [7, 11) is 1.45. The van der Waals surface area contributed by atoms with Crippen LogP contribution >= 0.6 is 0 Å². The molecular formula is C13H13N5O3. The average molecular weight is 287 g/mol. The average Bonchev–Trinajstić information content (AvgIpc) is 2.55. The maximum atomic E-state index is 12.0. The first-order chi connectivity index (χ1) is 10.2. The van der Waals surface area contributed by atoms with Crippen LogP contribution in [0.4, 0.5) is 5.69 Å². The van der Waals surface area contributed by atoms with Crippen LogP contribution < -0.4 is 15.8 Å². The number of anilines is 1. The summed E-state index contributed by atoms with van der Waals surface area (Å²) in [5, 5.41) is 14.2. The summed E-state index contributed by atoms with van der Waals surface area (Å²) in [5.74, 6) is -0.0441. The van der Waals surface area contributed by atoms with Gasteiger partial charge in [0, 0.05) is 18.0 Å². The molecule has 0 fully saturated rings. The number of amidine groups is 1. The molecule has 0 aliphatic carbocycles.